The van der Waals surface area contributed by atoms with Crippen LogP contribution in [0.2, 0.25) is 0 Å². The SMILES string of the molecule is CC(C)Oc1nc(N2CCCCC2)ncc1Br. The maximum atomic E-state index is 5.65. The smallest absolute Gasteiger partial charge is 0.233 e. The average molecular weight is 300 g/mol. The van der Waals surface area contributed by atoms with Gasteiger partial charge in [-0.05, 0) is 49.0 Å². The van der Waals surface area contributed by atoms with E-state index in [1.165, 1.54) is 19.3 Å². The summed E-state index contributed by atoms with van der Waals surface area (Å²) in [7, 11) is 0. The van der Waals surface area contributed by atoms with Gasteiger partial charge >= 0.3 is 0 Å². The molecule has 1 saturated heterocycles. The molecule has 17 heavy (non-hydrogen) atoms. The number of anilines is 1. The summed E-state index contributed by atoms with van der Waals surface area (Å²) in [6.45, 7) is 6.08. The third-order valence-electron chi connectivity index (χ3n) is 2.69. The zero-order chi connectivity index (χ0) is 12.3. The van der Waals surface area contributed by atoms with E-state index < -0.39 is 0 Å². The van der Waals surface area contributed by atoms with Crippen LogP contribution in [0.4, 0.5) is 5.95 Å². The van der Waals surface area contributed by atoms with Gasteiger partial charge in [0.15, 0.2) is 0 Å². The third kappa shape index (κ3) is 3.31. The molecule has 0 saturated carbocycles. The van der Waals surface area contributed by atoms with E-state index in [0.717, 1.165) is 23.5 Å². The number of aromatic nitrogens is 2. The van der Waals surface area contributed by atoms with E-state index in [-0.39, 0.29) is 6.10 Å². The summed E-state index contributed by atoms with van der Waals surface area (Å²) in [6, 6.07) is 0. The Morgan fingerprint density at radius 1 is 1.29 bits per heavy atom. The minimum Gasteiger partial charge on any atom is -0.474 e. The number of ether oxygens (including phenoxy) is 1. The molecule has 0 aliphatic carbocycles. The first-order valence-electron chi connectivity index (χ1n) is 6.11. The second-order valence-corrected chi connectivity index (χ2v) is 5.39. The fourth-order valence-corrected chi connectivity index (χ4v) is 2.18. The molecule has 0 unspecified atom stereocenters. The van der Waals surface area contributed by atoms with Crippen molar-refractivity contribution in [2.75, 3.05) is 18.0 Å². The first kappa shape index (κ1) is 12.6. The maximum absolute atomic E-state index is 5.65. The van der Waals surface area contributed by atoms with E-state index >= 15 is 0 Å². The Hall–Kier alpha value is -0.840. The van der Waals surface area contributed by atoms with Crippen molar-refractivity contribution in [2.45, 2.75) is 39.2 Å². The summed E-state index contributed by atoms with van der Waals surface area (Å²) in [5.74, 6) is 1.42. The molecule has 4 nitrogen and oxygen atoms in total. The number of rotatable bonds is 3. The molecule has 0 amide bonds. The Kier molecular flexibility index (Phi) is 4.20. The van der Waals surface area contributed by atoms with Crippen molar-refractivity contribution in [3.05, 3.63) is 10.7 Å². The van der Waals surface area contributed by atoms with Crippen LogP contribution in [-0.4, -0.2) is 29.2 Å². The number of nitrogens with zero attached hydrogens (tertiary/aromatic N) is 3. The van der Waals surface area contributed by atoms with Gasteiger partial charge in [-0.2, -0.15) is 4.98 Å². The molecular weight excluding hydrogens is 282 g/mol. The Bertz CT molecular complexity index is 378. The molecule has 2 heterocycles. The number of halogens is 1. The van der Waals surface area contributed by atoms with Crippen molar-refractivity contribution in [3.8, 4) is 5.88 Å². The Labute approximate surface area is 111 Å². The van der Waals surface area contributed by atoms with Crippen LogP contribution < -0.4 is 9.64 Å². The highest BCUT2D eigenvalue weighted by Gasteiger charge is 2.16. The third-order valence-corrected chi connectivity index (χ3v) is 3.23. The standard InChI is InChI=1S/C12H18BrN3O/c1-9(2)17-11-10(13)8-14-12(15-11)16-6-4-3-5-7-16/h8-9H,3-7H2,1-2H3. The van der Waals surface area contributed by atoms with Crippen LogP contribution in [0, 0.1) is 0 Å². The predicted molar refractivity (Wildman–Crippen MR) is 71.6 cm³/mol. The highest BCUT2D eigenvalue weighted by Crippen LogP contribution is 2.25. The van der Waals surface area contributed by atoms with Gasteiger partial charge in [0.2, 0.25) is 11.8 Å². The van der Waals surface area contributed by atoms with Crippen molar-refractivity contribution < 1.29 is 4.74 Å². The number of hydrogen-bond donors (Lipinski definition) is 0. The van der Waals surface area contributed by atoms with Crippen LogP contribution in [0.15, 0.2) is 10.7 Å². The van der Waals surface area contributed by atoms with Gasteiger partial charge in [0, 0.05) is 13.1 Å². The summed E-state index contributed by atoms with van der Waals surface area (Å²) < 4.78 is 6.46. The van der Waals surface area contributed by atoms with Crippen LogP contribution in [-0.2, 0) is 0 Å². The minimum atomic E-state index is 0.121. The molecule has 2 rings (SSSR count). The molecule has 1 aliphatic rings. The molecule has 1 aromatic heterocycles. The first-order chi connectivity index (χ1) is 8.16. The fourth-order valence-electron chi connectivity index (χ4n) is 1.89. The molecule has 0 atom stereocenters. The molecule has 0 bridgehead atoms. The van der Waals surface area contributed by atoms with E-state index in [4.69, 9.17) is 4.74 Å². The highest BCUT2D eigenvalue weighted by atomic mass is 79.9. The topological polar surface area (TPSA) is 38.2 Å². The monoisotopic (exact) mass is 299 g/mol. The van der Waals surface area contributed by atoms with E-state index in [9.17, 15) is 0 Å². The molecule has 94 valence electrons. The lowest BCUT2D eigenvalue weighted by Crippen LogP contribution is -2.31. The van der Waals surface area contributed by atoms with Crippen LogP contribution in [0.25, 0.3) is 0 Å². The van der Waals surface area contributed by atoms with Crippen LogP contribution >= 0.6 is 15.9 Å². The van der Waals surface area contributed by atoms with E-state index in [2.05, 4.69) is 30.8 Å². The van der Waals surface area contributed by atoms with E-state index in [1.807, 2.05) is 13.8 Å². The molecule has 0 radical (unpaired) electrons. The quantitative estimate of drug-likeness (QED) is 0.860. The molecule has 5 heteroatoms. The largest absolute Gasteiger partial charge is 0.474 e. The summed E-state index contributed by atoms with van der Waals surface area (Å²) in [4.78, 5) is 11.1. The van der Waals surface area contributed by atoms with Gasteiger partial charge in [-0.25, -0.2) is 4.98 Å². The summed E-state index contributed by atoms with van der Waals surface area (Å²) in [5, 5.41) is 0. The lowest BCUT2D eigenvalue weighted by Gasteiger charge is -2.26. The van der Waals surface area contributed by atoms with Crippen molar-refractivity contribution in [3.63, 3.8) is 0 Å². The molecule has 1 fully saturated rings. The minimum absolute atomic E-state index is 0.121. The van der Waals surface area contributed by atoms with Crippen LogP contribution in [0.5, 0.6) is 5.88 Å². The van der Waals surface area contributed by atoms with E-state index in [0.29, 0.717) is 5.88 Å². The van der Waals surface area contributed by atoms with E-state index in [1.54, 1.807) is 6.20 Å². The molecule has 0 aromatic carbocycles. The first-order valence-corrected chi connectivity index (χ1v) is 6.90. The lowest BCUT2D eigenvalue weighted by molar-refractivity contribution is 0.230. The average Bonchev–Trinajstić information content (AvgIpc) is 2.32. The van der Waals surface area contributed by atoms with Crippen molar-refractivity contribution in [2.24, 2.45) is 0 Å². The molecule has 0 spiro atoms. The van der Waals surface area contributed by atoms with Crippen molar-refractivity contribution in [1.29, 1.82) is 0 Å². The highest BCUT2D eigenvalue weighted by molar-refractivity contribution is 9.10. The Morgan fingerprint density at radius 3 is 2.65 bits per heavy atom. The summed E-state index contributed by atoms with van der Waals surface area (Å²) >= 11 is 3.41. The van der Waals surface area contributed by atoms with Crippen molar-refractivity contribution >= 4 is 21.9 Å². The molecule has 1 aromatic rings. The van der Waals surface area contributed by atoms with Crippen molar-refractivity contribution in [1.82, 2.24) is 9.97 Å². The van der Waals surface area contributed by atoms with Gasteiger partial charge in [0.05, 0.1) is 16.8 Å². The van der Waals surface area contributed by atoms with Gasteiger partial charge in [-0.1, -0.05) is 0 Å². The summed E-state index contributed by atoms with van der Waals surface area (Å²) in [6.07, 6.45) is 5.65. The van der Waals surface area contributed by atoms with Gasteiger partial charge in [0.25, 0.3) is 0 Å². The molecule has 0 N–H and O–H groups in total. The van der Waals surface area contributed by atoms with Gasteiger partial charge in [0.1, 0.15) is 0 Å². The second kappa shape index (κ2) is 5.67. The van der Waals surface area contributed by atoms with Gasteiger partial charge < -0.3 is 9.64 Å². The van der Waals surface area contributed by atoms with Gasteiger partial charge in [-0.3, -0.25) is 0 Å². The van der Waals surface area contributed by atoms with Crippen LogP contribution in [0.3, 0.4) is 0 Å². The molecular formula is C12H18BrN3O. The summed E-state index contributed by atoms with van der Waals surface area (Å²) in [5.41, 5.74) is 0. The van der Waals surface area contributed by atoms with Crippen LogP contribution in [0.1, 0.15) is 33.1 Å². The predicted octanol–water partition coefficient (Wildman–Crippen LogP) is 3.02. The zero-order valence-corrected chi connectivity index (χ0v) is 11.9. The molecule has 1 aliphatic heterocycles. The number of hydrogen-bond acceptors (Lipinski definition) is 4. The zero-order valence-electron chi connectivity index (χ0n) is 10.3. The Morgan fingerprint density at radius 2 is 2.00 bits per heavy atom. The normalized spacial score (nSPS) is 16.4. The fraction of sp³-hybridized carbons (Fsp3) is 0.667. The number of piperidine rings is 1. The Balaban J connectivity index is 2.17. The van der Waals surface area contributed by atoms with Gasteiger partial charge in [-0.15, -0.1) is 0 Å². The second-order valence-electron chi connectivity index (χ2n) is 4.54. The lowest BCUT2D eigenvalue weighted by atomic mass is 10.1. The maximum Gasteiger partial charge on any atom is 0.233 e.